The fraction of sp³-hybridized carbons (Fsp3) is 0.407. The number of nitrogens with zero attached hydrogens (tertiary/aromatic N) is 5. The van der Waals surface area contributed by atoms with Gasteiger partial charge in [0, 0.05) is 42.8 Å². The van der Waals surface area contributed by atoms with Gasteiger partial charge in [-0.25, -0.2) is 14.8 Å². The summed E-state index contributed by atoms with van der Waals surface area (Å²) in [6.07, 6.45) is 4.00. The van der Waals surface area contributed by atoms with E-state index in [2.05, 4.69) is 20.2 Å². The lowest BCUT2D eigenvalue weighted by molar-refractivity contribution is -0.141. The zero-order valence-electron chi connectivity index (χ0n) is 21.5. The van der Waals surface area contributed by atoms with Crippen LogP contribution in [0.4, 0.5) is 22.1 Å². The summed E-state index contributed by atoms with van der Waals surface area (Å²) in [7, 11) is 0. The van der Waals surface area contributed by atoms with E-state index in [0.717, 1.165) is 36.5 Å². The van der Waals surface area contributed by atoms with Crippen LogP contribution in [0.5, 0.6) is 5.75 Å². The first-order valence-corrected chi connectivity index (χ1v) is 13.0. The van der Waals surface area contributed by atoms with Gasteiger partial charge in [-0.05, 0) is 51.5 Å². The summed E-state index contributed by atoms with van der Waals surface area (Å²) < 4.78 is 17.3. The molecule has 0 spiro atoms. The van der Waals surface area contributed by atoms with Crippen molar-refractivity contribution in [2.24, 2.45) is 0 Å². The molecule has 0 aliphatic carbocycles. The van der Waals surface area contributed by atoms with Crippen molar-refractivity contribution in [2.75, 3.05) is 41.4 Å². The van der Waals surface area contributed by atoms with Crippen LogP contribution in [-0.2, 0) is 9.47 Å². The van der Waals surface area contributed by atoms with Crippen molar-refractivity contribution in [1.82, 2.24) is 15.0 Å². The zero-order chi connectivity index (χ0) is 26.4. The fourth-order valence-electron chi connectivity index (χ4n) is 5.15. The number of carbonyl (C=O) groups excluding carboxylic acids is 1. The third-order valence-corrected chi connectivity index (χ3v) is 7.18. The zero-order valence-corrected chi connectivity index (χ0v) is 22.2. The summed E-state index contributed by atoms with van der Waals surface area (Å²) in [6, 6.07) is 8.84. The standard InChI is InChI=1S/C27H29ClN6O4/c1-16-10-17(4-7-29-16)24-21(28)12-22-25(32-24)34(18-6-9-33(22)13-18)26(35)31-23-11-19(5-8-30-23)36-14-20-15-37-27(2,3)38-20/h4-5,7-8,10-12,18,20H,6,9,13-15H2,1-3H3,(H,30,31,35)/t18-,20+/m0/s1. The van der Waals surface area contributed by atoms with Crippen LogP contribution < -0.4 is 19.9 Å². The van der Waals surface area contributed by atoms with Crippen LogP contribution in [0.3, 0.4) is 0 Å². The molecule has 2 bridgehead atoms. The second kappa shape index (κ2) is 9.68. The molecule has 11 heteroatoms. The highest BCUT2D eigenvalue weighted by Crippen LogP contribution is 2.43. The Morgan fingerprint density at radius 1 is 1.24 bits per heavy atom. The minimum absolute atomic E-state index is 0.00879. The number of amides is 2. The van der Waals surface area contributed by atoms with E-state index in [1.165, 1.54) is 0 Å². The summed E-state index contributed by atoms with van der Waals surface area (Å²) in [5, 5.41) is 3.47. The van der Waals surface area contributed by atoms with E-state index in [9.17, 15) is 4.79 Å². The third-order valence-electron chi connectivity index (χ3n) is 6.89. The lowest BCUT2D eigenvalue weighted by Crippen LogP contribution is -2.48. The molecule has 6 heterocycles. The molecule has 0 aromatic carbocycles. The van der Waals surface area contributed by atoms with E-state index in [4.69, 9.17) is 30.8 Å². The van der Waals surface area contributed by atoms with Crippen molar-refractivity contribution < 1.29 is 19.0 Å². The van der Waals surface area contributed by atoms with Crippen LogP contribution in [0.2, 0.25) is 5.02 Å². The smallest absolute Gasteiger partial charge is 0.329 e. The Labute approximate surface area is 225 Å². The lowest BCUT2D eigenvalue weighted by atomic mass is 10.1. The first-order chi connectivity index (χ1) is 18.3. The molecule has 0 unspecified atom stereocenters. The number of aromatic nitrogens is 3. The first kappa shape index (κ1) is 24.8. The van der Waals surface area contributed by atoms with Crippen LogP contribution in [-0.4, -0.2) is 65.2 Å². The summed E-state index contributed by atoms with van der Waals surface area (Å²) in [6.45, 7) is 8.02. The number of hydrogen-bond acceptors (Lipinski definition) is 8. The Balaban J connectivity index is 1.23. The predicted molar refractivity (Wildman–Crippen MR) is 144 cm³/mol. The Bertz CT molecular complexity index is 1390. The monoisotopic (exact) mass is 536 g/mol. The number of pyridine rings is 3. The minimum atomic E-state index is -0.611. The van der Waals surface area contributed by atoms with Crippen LogP contribution in [0.25, 0.3) is 11.3 Å². The molecule has 38 heavy (non-hydrogen) atoms. The number of hydrogen-bond donors (Lipinski definition) is 1. The summed E-state index contributed by atoms with van der Waals surface area (Å²) >= 11 is 6.68. The Hall–Kier alpha value is -3.47. The summed E-state index contributed by atoms with van der Waals surface area (Å²) in [5.74, 6) is 0.936. The van der Waals surface area contributed by atoms with Gasteiger partial charge in [-0.15, -0.1) is 0 Å². The second-order valence-corrected chi connectivity index (χ2v) is 10.6. The van der Waals surface area contributed by atoms with E-state index in [1.807, 2.05) is 39.0 Å². The molecule has 6 rings (SSSR count). The molecule has 198 valence electrons. The molecular formula is C27H29ClN6O4. The first-order valence-electron chi connectivity index (χ1n) is 12.6. The number of halogens is 1. The van der Waals surface area contributed by atoms with Crippen LogP contribution in [0, 0.1) is 6.92 Å². The largest absolute Gasteiger partial charge is 0.491 e. The topological polar surface area (TPSA) is 102 Å². The van der Waals surface area contributed by atoms with Gasteiger partial charge in [-0.2, -0.15) is 0 Å². The van der Waals surface area contributed by atoms with Gasteiger partial charge < -0.3 is 19.1 Å². The number of rotatable bonds is 5. The highest BCUT2D eigenvalue weighted by Gasteiger charge is 2.41. The molecule has 3 aliphatic rings. The average molecular weight is 537 g/mol. The number of aryl methyl sites for hydroxylation is 1. The van der Waals surface area contributed by atoms with Crippen molar-refractivity contribution in [3.05, 3.63) is 53.4 Å². The summed E-state index contributed by atoms with van der Waals surface area (Å²) in [5.41, 5.74) is 3.18. The quantitative estimate of drug-likeness (QED) is 0.502. The molecule has 2 amide bonds. The second-order valence-electron chi connectivity index (χ2n) is 10.2. The molecule has 2 atom stereocenters. The Morgan fingerprint density at radius 3 is 2.87 bits per heavy atom. The van der Waals surface area contributed by atoms with Crippen LogP contribution >= 0.6 is 11.6 Å². The molecule has 3 aromatic rings. The Kier molecular flexibility index (Phi) is 6.33. The lowest BCUT2D eigenvalue weighted by Gasteiger charge is -2.36. The predicted octanol–water partition coefficient (Wildman–Crippen LogP) is 4.66. The molecule has 1 N–H and O–H groups in total. The van der Waals surface area contributed by atoms with Gasteiger partial charge in [0.1, 0.15) is 24.3 Å². The number of urea groups is 1. The van der Waals surface area contributed by atoms with Gasteiger partial charge >= 0.3 is 6.03 Å². The van der Waals surface area contributed by atoms with E-state index in [0.29, 0.717) is 41.3 Å². The third kappa shape index (κ3) is 4.87. The van der Waals surface area contributed by atoms with Crippen molar-refractivity contribution in [1.29, 1.82) is 0 Å². The highest BCUT2D eigenvalue weighted by molar-refractivity contribution is 6.33. The molecule has 3 aliphatic heterocycles. The number of nitrogens with one attached hydrogen (secondary N) is 1. The van der Waals surface area contributed by atoms with Gasteiger partial charge in [0.05, 0.1) is 29.1 Å². The van der Waals surface area contributed by atoms with Crippen LogP contribution in [0.15, 0.2) is 42.7 Å². The molecule has 10 nitrogen and oxygen atoms in total. The average Bonchev–Trinajstić information content (AvgIpc) is 3.46. The van der Waals surface area contributed by atoms with Gasteiger partial charge in [0.15, 0.2) is 11.6 Å². The molecule has 2 fully saturated rings. The Morgan fingerprint density at radius 2 is 2.08 bits per heavy atom. The van der Waals surface area contributed by atoms with E-state index < -0.39 is 5.79 Å². The number of fused-ring (bicyclic) bond motifs is 4. The number of ether oxygens (including phenoxy) is 3. The van der Waals surface area contributed by atoms with E-state index in [-0.39, 0.29) is 18.2 Å². The molecule has 3 aromatic heterocycles. The molecular weight excluding hydrogens is 508 g/mol. The van der Waals surface area contributed by atoms with Gasteiger partial charge in [-0.3, -0.25) is 15.2 Å². The summed E-state index contributed by atoms with van der Waals surface area (Å²) in [4.78, 5) is 31.1. The highest BCUT2D eigenvalue weighted by atomic mass is 35.5. The van der Waals surface area contributed by atoms with Crippen molar-refractivity contribution in [3.63, 3.8) is 0 Å². The van der Waals surface area contributed by atoms with Gasteiger partial charge in [0.25, 0.3) is 0 Å². The molecule has 2 saturated heterocycles. The van der Waals surface area contributed by atoms with E-state index >= 15 is 0 Å². The maximum absolute atomic E-state index is 13.7. The number of carbonyl (C=O) groups is 1. The minimum Gasteiger partial charge on any atom is -0.491 e. The van der Waals surface area contributed by atoms with Gasteiger partial charge in [-0.1, -0.05) is 11.6 Å². The van der Waals surface area contributed by atoms with E-state index in [1.54, 1.807) is 29.4 Å². The van der Waals surface area contributed by atoms with Crippen molar-refractivity contribution >= 4 is 35.0 Å². The van der Waals surface area contributed by atoms with Crippen molar-refractivity contribution in [2.45, 2.75) is 45.1 Å². The normalized spacial score (nSPS) is 21.4. The maximum Gasteiger partial charge on any atom is 0.329 e. The number of anilines is 3. The fourth-order valence-corrected chi connectivity index (χ4v) is 5.41. The SMILES string of the molecule is Cc1cc(-c2nc3c(cc2Cl)N2CC[C@@H](C2)N3C(=O)Nc2cc(OC[C@@H]3COC(C)(C)O3)ccn2)ccn1. The van der Waals surface area contributed by atoms with Crippen molar-refractivity contribution in [3.8, 4) is 17.0 Å². The van der Waals surface area contributed by atoms with Gasteiger partial charge in [0.2, 0.25) is 0 Å². The van der Waals surface area contributed by atoms with Crippen LogP contribution in [0.1, 0.15) is 26.0 Å². The molecule has 0 saturated carbocycles. The maximum atomic E-state index is 13.7. The molecule has 0 radical (unpaired) electrons.